The molecule has 29 heavy (non-hydrogen) atoms. The number of thioether (sulfide) groups is 1. The minimum atomic E-state index is -0.120. The van der Waals surface area contributed by atoms with E-state index < -0.39 is 0 Å². The van der Waals surface area contributed by atoms with Crippen LogP contribution in [0.25, 0.3) is 6.08 Å². The van der Waals surface area contributed by atoms with Crippen LogP contribution in [0.15, 0.2) is 47.4 Å². The van der Waals surface area contributed by atoms with Gasteiger partial charge in [-0.05, 0) is 61.9 Å². The molecular weight excluding hydrogens is 404 g/mol. The van der Waals surface area contributed by atoms with Crippen molar-refractivity contribution in [3.05, 3.63) is 52.9 Å². The summed E-state index contributed by atoms with van der Waals surface area (Å²) in [6.45, 7) is 6.12. The Labute approximate surface area is 181 Å². The number of thiocarbonyl (C=S) groups is 1. The van der Waals surface area contributed by atoms with Gasteiger partial charge in [0.15, 0.2) is 15.8 Å². The van der Waals surface area contributed by atoms with Gasteiger partial charge in [-0.1, -0.05) is 30.0 Å². The molecule has 3 rings (SSSR count). The molecule has 0 spiro atoms. The lowest BCUT2D eigenvalue weighted by Gasteiger charge is -2.22. The van der Waals surface area contributed by atoms with Crippen LogP contribution in [0.2, 0.25) is 0 Å². The molecular formula is C22H24N2O3S2. The average molecular weight is 429 g/mol. The SMILES string of the molecule is CCN(CC)c1ccc(N2C(=O)C(=Cc3ccc(OC)c(OC)c3)SC2=S)cc1. The van der Waals surface area contributed by atoms with E-state index in [4.69, 9.17) is 21.7 Å². The standard InChI is InChI=1S/C22H24N2O3S2/c1-5-23(6-2)16-8-10-17(11-9-16)24-21(25)20(29-22(24)28)14-15-7-12-18(26-3)19(13-15)27-4/h7-14H,5-6H2,1-4H3. The third kappa shape index (κ3) is 4.41. The summed E-state index contributed by atoms with van der Waals surface area (Å²) >= 11 is 6.78. The second-order valence-electron chi connectivity index (χ2n) is 6.32. The van der Waals surface area contributed by atoms with Gasteiger partial charge in [0, 0.05) is 18.8 Å². The third-order valence-corrected chi connectivity index (χ3v) is 6.04. The van der Waals surface area contributed by atoms with E-state index in [0.717, 1.165) is 30.0 Å². The van der Waals surface area contributed by atoms with Gasteiger partial charge in [-0.15, -0.1) is 0 Å². The van der Waals surface area contributed by atoms with Crippen LogP contribution in [0, 0.1) is 0 Å². The maximum Gasteiger partial charge on any atom is 0.270 e. The summed E-state index contributed by atoms with van der Waals surface area (Å²) in [5.41, 5.74) is 2.75. The monoisotopic (exact) mass is 428 g/mol. The molecule has 2 aromatic rings. The number of benzene rings is 2. The largest absolute Gasteiger partial charge is 0.493 e. The van der Waals surface area contributed by atoms with Gasteiger partial charge in [0.1, 0.15) is 0 Å². The maximum absolute atomic E-state index is 13.0. The molecule has 1 aliphatic rings. The molecule has 0 saturated carbocycles. The molecule has 0 aliphatic carbocycles. The van der Waals surface area contributed by atoms with Gasteiger partial charge in [0.2, 0.25) is 0 Å². The van der Waals surface area contributed by atoms with Crippen LogP contribution < -0.4 is 19.3 Å². The number of hydrogen-bond acceptors (Lipinski definition) is 6. The van der Waals surface area contributed by atoms with E-state index in [1.165, 1.54) is 11.8 Å². The van der Waals surface area contributed by atoms with E-state index in [0.29, 0.717) is 20.7 Å². The third-order valence-electron chi connectivity index (χ3n) is 4.74. The number of hydrogen-bond donors (Lipinski definition) is 0. The lowest BCUT2D eigenvalue weighted by molar-refractivity contribution is -0.113. The minimum Gasteiger partial charge on any atom is -0.493 e. The smallest absolute Gasteiger partial charge is 0.270 e. The van der Waals surface area contributed by atoms with Gasteiger partial charge in [-0.2, -0.15) is 0 Å². The molecule has 7 heteroatoms. The van der Waals surface area contributed by atoms with E-state index >= 15 is 0 Å². The van der Waals surface area contributed by atoms with Crippen molar-refractivity contribution in [3.8, 4) is 11.5 Å². The molecule has 0 aromatic heterocycles. The zero-order valence-electron chi connectivity index (χ0n) is 17.0. The highest BCUT2D eigenvalue weighted by Crippen LogP contribution is 2.37. The molecule has 1 heterocycles. The topological polar surface area (TPSA) is 42.0 Å². The molecule has 1 aliphatic heterocycles. The van der Waals surface area contributed by atoms with Crippen LogP contribution in [-0.4, -0.2) is 37.5 Å². The molecule has 1 saturated heterocycles. The molecule has 0 atom stereocenters. The van der Waals surface area contributed by atoms with Crippen LogP contribution in [0.1, 0.15) is 19.4 Å². The Morgan fingerprint density at radius 3 is 2.28 bits per heavy atom. The second-order valence-corrected chi connectivity index (χ2v) is 8.00. The Morgan fingerprint density at radius 2 is 1.69 bits per heavy atom. The number of amides is 1. The van der Waals surface area contributed by atoms with E-state index in [1.54, 1.807) is 19.1 Å². The van der Waals surface area contributed by atoms with Gasteiger partial charge in [-0.25, -0.2) is 0 Å². The van der Waals surface area contributed by atoms with Gasteiger partial charge in [0.25, 0.3) is 5.91 Å². The summed E-state index contributed by atoms with van der Waals surface area (Å²) in [4.78, 5) is 17.4. The molecule has 0 N–H and O–H groups in total. The summed E-state index contributed by atoms with van der Waals surface area (Å²) in [5, 5.41) is 0. The van der Waals surface area contributed by atoms with Crippen molar-refractivity contribution in [1.82, 2.24) is 0 Å². The maximum atomic E-state index is 13.0. The van der Waals surface area contributed by atoms with Gasteiger partial charge < -0.3 is 14.4 Å². The first-order valence-corrected chi connectivity index (χ1v) is 10.6. The zero-order chi connectivity index (χ0) is 21.0. The van der Waals surface area contributed by atoms with Crippen LogP contribution in [0.3, 0.4) is 0 Å². The number of rotatable bonds is 7. The average Bonchev–Trinajstić information content (AvgIpc) is 3.02. The molecule has 1 fully saturated rings. The lowest BCUT2D eigenvalue weighted by atomic mass is 10.1. The molecule has 2 aromatic carbocycles. The number of methoxy groups -OCH3 is 2. The van der Waals surface area contributed by atoms with Crippen LogP contribution >= 0.6 is 24.0 Å². The fraction of sp³-hybridized carbons (Fsp3) is 0.273. The van der Waals surface area contributed by atoms with Crippen molar-refractivity contribution in [3.63, 3.8) is 0 Å². The minimum absolute atomic E-state index is 0.120. The van der Waals surface area contributed by atoms with Crippen molar-refractivity contribution in [1.29, 1.82) is 0 Å². The number of anilines is 2. The van der Waals surface area contributed by atoms with E-state index in [9.17, 15) is 4.79 Å². The van der Waals surface area contributed by atoms with Gasteiger partial charge >= 0.3 is 0 Å². The second kappa shape index (κ2) is 9.33. The Hall–Kier alpha value is -2.51. The summed E-state index contributed by atoms with van der Waals surface area (Å²) in [6.07, 6.45) is 1.82. The van der Waals surface area contributed by atoms with Crippen LogP contribution in [0.5, 0.6) is 11.5 Å². The summed E-state index contributed by atoms with van der Waals surface area (Å²) in [7, 11) is 3.18. The Kier molecular flexibility index (Phi) is 6.82. The predicted octanol–water partition coefficient (Wildman–Crippen LogP) is 4.96. The summed E-state index contributed by atoms with van der Waals surface area (Å²) in [5.74, 6) is 1.14. The number of nitrogens with zero attached hydrogens (tertiary/aromatic N) is 2. The number of ether oxygens (including phenoxy) is 2. The van der Waals surface area contributed by atoms with Crippen molar-refractivity contribution in [2.75, 3.05) is 37.1 Å². The number of carbonyl (C=O) groups excluding carboxylic acids is 1. The molecule has 152 valence electrons. The van der Waals surface area contributed by atoms with E-state index in [2.05, 4.69) is 18.7 Å². The molecule has 0 unspecified atom stereocenters. The fourth-order valence-electron chi connectivity index (χ4n) is 3.19. The first-order valence-electron chi connectivity index (χ1n) is 9.37. The van der Waals surface area contributed by atoms with Crippen LogP contribution in [-0.2, 0) is 4.79 Å². The van der Waals surface area contributed by atoms with E-state index in [1.807, 2.05) is 48.5 Å². The quantitative estimate of drug-likeness (QED) is 0.459. The Balaban J connectivity index is 1.85. The lowest BCUT2D eigenvalue weighted by Crippen LogP contribution is -2.27. The van der Waals surface area contributed by atoms with Crippen molar-refractivity contribution in [2.24, 2.45) is 0 Å². The van der Waals surface area contributed by atoms with Crippen LogP contribution in [0.4, 0.5) is 11.4 Å². The fourth-order valence-corrected chi connectivity index (χ4v) is 4.48. The molecule has 0 radical (unpaired) electrons. The first kappa shape index (κ1) is 21.2. The predicted molar refractivity (Wildman–Crippen MR) is 125 cm³/mol. The van der Waals surface area contributed by atoms with Crippen molar-refractivity contribution >= 4 is 51.7 Å². The normalized spacial score (nSPS) is 15.2. The molecule has 0 bridgehead atoms. The zero-order valence-corrected chi connectivity index (χ0v) is 18.6. The highest BCUT2D eigenvalue weighted by molar-refractivity contribution is 8.27. The highest BCUT2D eigenvalue weighted by Gasteiger charge is 2.33. The highest BCUT2D eigenvalue weighted by atomic mass is 32.2. The summed E-state index contributed by atoms with van der Waals surface area (Å²) in [6, 6.07) is 13.5. The van der Waals surface area contributed by atoms with Crippen molar-refractivity contribution < 1.29 is 14.3 Å². The van der Waals surface area contributed by atoms with Gasteiger partial charge in [-0.3, -0.25) is 9.69 Å². The molecule has 1 amide bonds. The Morgan fingerprint density at radius 1 is 1.03 bits per heavy atom. The number of carbonyl (C=O) groups is 1. The van der Waals surface area contributed by atoms with Crippen molar-refractivity contribution in [2.45, 2.75) is 13.8 Å². The Bertz CT molecular complexity index is 938. The van der Waals surface area contributed by atoms with Gasteiger partial charge in [0.05, 0.1) is 24.8 Å². The van der Waals surface area contributed by atoms with E-state index in [-0.39, 0.29) is 5.91 Å². The first-order chi connectivity index (χ1) is 14.0. The molecule has 5 nitrogen and oxygen atoms in total. The summed E-state index contributed by atoms with van der Waals surface area (Å²) < 4.78 is 11.1.